The summed E-state index contributed by atoms with van der Waals surface area (Å²) in [6.45, 7) is 3.16. The molecule has 0 spiro atoms. The molecule has 0 aliphatic carbocycles. The molecular weight excluding hydrogens is 308 g/mol. The Kier molecular flexibility index (Phi) is 5.13. The van der Waals surface area contributed by atoms with E-state index in [0.717, 1.165) is 15.7 Å². The quantitative estimate of drug-likeness (QED) is 0.888. The molecule has 102 valence electrons. The van der Waals surface area contributed by atoms with Crippen molar-refractivity contribution in [2.75, 3.05) is 6.61 Å². The summed E-state index contributed by atoms with van der Waals surface area (Å²) in [5.41, 5.74) is 2.02. The maximum Gasteiger partial charge on any atom is 0.0969 e. The number of hydrogen-bond donors (Lipinski definition) is 1. The Hall–Kier alpha value is -1.17. The molecule has 1 N–H and O–H groups in total. The number of hydrogen-bond acceptors (Lipinski definition) is 3. The molecule has 0 bridgehead atoms. The Morgan fingerprint density at radius 2 is 2.11 bits per heavy atom. The van der Waals surface area contributed by atoms with Crippen LogP contribution in [0.15, 0.2) is 41.0 Å². The lowest BCUT2D eigenvalue weighted by molar-refractivity contribution is 0.0187. The number of aliphatic hydroxyl groups excluding tert-OH is 1. The highest BCUT2D eigenvalue weighted by Gasteiger charge is 2.08. The van der Waals surface area contributed by atoms with Crippen molar-refractivity contribution in [3.63, 3.8) is 0 Å². The third kappa shape index (κ3) is 4.45. The second-order valence-corrected chi connectivity index (χ2v) is 5.29. The van der Waals surface area contributed by atoms with Gasteiger partial charge >= 0.3 is 0 Å². The largest absolute Gasteiger partial charge is 0.389 e. The molecule has 0 aliphatic rings. The molecule has 0 saturated heterocycles. The Labute approximate surface area is 121 Å². The van der Waals surface area contributed by atoms with Crippen LogP contribution in [-0.2, 0) is 17.9 Å². The van der Waals surface area contributed by atoms with Crippen LogP contribution in [0.5, 0.6) is 0 Å². The molecule has 0 saturated carbocycles. The van der Waals surface area contributed by atoms with Crippen LogP contribution in [0.3, 0.4) is 0 Å². The van der Waals surface area contributed by atoms with Crippen molar-refractivity contribution in [1.82, 2.24) is 9.78 Å². The number of aliphatic hydroxyl groups is 1. The van der Waals surface area contributed by atoms with E-state index in [1.807, 2.05) is 43.5 Å². The molecular formula is C14H17BrN2O2. The topological polar surface area (TPSA) is 47.3 Å². The lowest BCUT2D eigenvalue weighted by Gasteiger charge is -2.11. The maximum atomic E-state index is 9.88. The normalized spacial score (nSPS) is 12.6. The summed E-state index contributed by atoms with van der Waals surface area (Å²) < 4.78 is 8.16. The van der Waals surface area contributed by atoms with E-state index in [9.17, 15) is 5.11 Å². The summed E-state index contributed by atoms with van der Waals surface area (Å²) in [4.78, 5) is 0. The van der Waals surface area contributed by atoms with Crippen LogP contribution in [0, 0.1) is 6.92 Å². The SMILES string of the molecule is Cc1nn(CC(O)COCc2ccccc2)cc1Br. The zero-order chi connectivity index (χ0) is 13.7. The van der Waals surface area contributed by atoms with Gasteiger partial charge in [-0.25, -0.2) is 0 Å². The van der Waals surface area contributed by atoms with Gasteiger partial charge in [-0.15, -0.1) is 0 Å². The van der Waals surface area contributed by atoms with E-state index in [4.69, 9.17) is 4.74 Å². The molecule has 0 fully saturated rings. The van der Waals surface area contributed by atoms with Gasteiger partial charge in [0.15, 0.2) is 0 Å². The second-order valence-electron chi connectivity index (χ2n) is 4.44. The molecule has 2 aromatic rings. The number of aryl methyl sites for hydroxylation is 1. The van der Waals surface area contributed by atoms with Crippen molar-refractivity contribution in [2.24, 2.45) is 0 Å². The van der Waals surface area contributed by atoms with E-state index in [2.05, 4.69) is 21.0 Å². The molecule has 0 amide bonds. The van der Waals surface area contributed by atoms with Crippen LogP contribution in [0.1, 0.15) is 11.3 Å². The number of nitrogens with zero attached hydrogens (tertiary/aromatic N) is 2. The van der Waals surface area contributed by atoms with Gasteiger partial charge in [-0.2, -0.15) is 5.10 Å². The minimum atomic E-state index is -0.560. The van der Waals surface area contributed by atoms with Crippen LogP contribution in [0.2, 0.25) is 0 Å². The monoisotopic (exact) mass is 324 g/mol. The molecule has 2 rings (SSSR count). The average Bonchev–Trinajstić information content (AvgIpc) is 2.69. The molecule has 1 unspecified atom stereocenters. The summed E-state index contributed by atoms with van der Waals surface area (Å²) in [6, 6.07) is 9.91. The predicted molar refractivity (Wildman–Crippen MR) is 76.8 cm³/mol. The van der Waals surface area contributed by atoms with Crippen LogP contribution in [0.4, 0.5) is 0 Å². The Morgan fingerprint density at radius 3 is 2.74 bits per heavy atom. The molecule has 1 atom stereocenters. The maximum absolute atomic E-state index is 9.88. The summed E-state index contributed by atoms with van der Waals surface area (Å²) in [6.07, 6.45) is 1.30. The molecule has 4 nitrogen and oxygen atoms in total. The first-order valence-electron chi connectivity index (χ1n) is 6.14. The van der Waals surface area contributed by atoms with E-state index >= 15 is 0 Å². The zero-order valence-corrected chi connectivity index (χ0v) is 12.4. The van der Waals surface area contributed by atoms with Gasteiger partial charge in [0, 0.05) is 6.20 Å². The average molecular weight is 325 g/mol. The summed E-state index contributed by atoms with van der Waals surface area (Å²) in [5, 5.41) is 14.2. The van der Waals surface area contributed by atoms with E-state index in [1.165, 1.54) is 0 Å². The first kappa shape index (κ1) is 14.2. The molecule has 0 aliphatic heterocycles. The summed E-state index contributed by atoms with van der Waals surface area (Å²) in [7, 11) is 0. The Morgan fingerprint density at radius 1 is 1.37 bits per heavy atom. The van der Waals surface area contributed by atoms with Crippen LogP contribution >= 0.6 is 15.9 Å². The van der Waals surface area contributed by atoms with Crippen LogP contribution < -0.4 is 0 Å². The van der Waals surface area contributed by atoms with Crippen molar-refractivity contribution in [3.05, 3.63) is 52.3 Å². The highest BCUT2D eigenvalue weighted by molar-refractivity contribution is 9.10. The predicted octanol–water partition coefficient (Wildman–Crippen LogP) is 2.53. The van der Waals surface area contributed by atoms with Crippen molar-refractivity contribution in [2.45, 2.75) is 26.2 Å². The van der Waals surface area contributed by atoms with Gasteiger partial charge in [0.05, 0.1) is 36.0 Å². The molecule has 0 radical (unpaired) electrons. The first-order chi connectivity index (χ1) is 9.15. The zero-order valence-electron chi connectivity index (χ0n) is 10.8. The summed E-state index contributed by atoms with van der Waals surface area (Å²) in [5.74, 6) is 0. The van der Waals surface area contributed by atoms with E-state index < -0.39 is 6.10 Å². The van der Waals surface area contributed by atoms with E-state index in [1.54, 1.807) is 4.68 Å². The van der Waals surface area contributed by atoms with Crippen molar-refractivity contribution >= 4 is 15.9 Å². The van der Waals surface area contributed by atoms with Crippen molar-refractivity contribution in [1.29, 1.82) is 0 Å². The van der Waals surface area contributed by atoms with Gasteiger partial charge in [-0.05, 0) is 28.4 Å². The fourth-order valence-electron chi connectivity index (χ4n) is 1.74. The minimum absolute atomic E-state index is 0.297. The Balaban J connectivity index is 1.74. The summed E-state index contributed by atoms with van der Waals surface area (Å²) >= 11 is 3.39. The molecule has 5 heteroatoms. The lowest BCUT2D eigenvalue weighted by atomic mass is 10.2. The fraction of sp³-hybridized carbons (Fsp3) is 0.357. The number of halogens is 1. The lowest BCUT2D eigenvalue weighted by Crippen LogP contribution is -2.22. The van der Waals surface area contributed by atoms with Crippen molar-refractivity contribution in [3.8, 4) is 0 Å². The van der Waals surface area contributed by atoms with Crippen LogP contribution in [0.25, 0.3) is 0 Å². The molecule has 1 heterocycles. The van der Waals surface area contributed by atoms with Gasteiger partial charge in [0.25, 0.3) is 0 Å². The third-order valence-electron chi connectivity index (χ3n) is 2.71. The molecule has 19 heavy (non-hydrogen) atoms. The van der Waals surface area contributed by atoms with Gasteiger partial charge in [-0.3, -0.25) is 4.68 Å². The van der Waals surface area contributed by atoms with E-state index in [0.29, 0.717) is 19.8 Å². The van der Waals surface area contributed by atoms with Crippen LogP contribution in [-0.4, -0.2) is 27.6 Å². The fourth-order valence-corrected chi connectivity index (χ4v) is 2.06. The second kappa shape index (κ2) is 6.84. The standard InChI is InChI=1S/C14H17BrN2O2/c1-11-14(15)8-17(16-11)7-13(18)10-19-9-12-5-3-2-4-6-12/h2-6,8,13,18H,7,9-10H2,1H3. The number of benzene rings is 1. The molecule has 1 aromatic heterocycles. The highest BCUT2D eigenvalue weighted by atomic mass is 79.9. The van der Waals surface area contributed by atoms with Gasteiger partial charge in [0.2, 0.25) is 0 Å². The van der Waals surface area contributed by atoms with Gasteiger partial charge < -0.3 is 9.84 Å². The van der Waals surface area contributed by atoms with Gasteiger partial charge in [0.1, 0.15) is 0 Å². The van der Waals surface area contributed by atoms with E-state index in [-0.39, 0.29) is 0 Å². The van der Waals surface area contributed by atoms with Crippen molar-refractivity contribution < 1.29 is 9.84 Å². The number of ether oxygens (including phenoxy) is 1. The number of rotatable bonds is 6. The first-order valence-corrected chi connectivity index (χ1v) is 6.93. The Bertz CT molecular complexity index is 494. The number of aromatic nitrogens is 2. The smallest absolute Gasteiger partial charge is 0.0969 e. The van der Waals surface area contributed by atoms with Gasteiger partial charge in [-0.1, -0.05) is 30.3 Å². The minimum Gasteiger partial charge on any atom is -0.389 e. The third-order valence-corrected chi connectivity index (χ3v) is 3.48. The highest BCUT2D eigenvalue weighted by Crippen LogP contribution is 2.13. The molecule has 1 aromatic carbocycles.